The summed E-state index contributed by atoms with van der Waals surface area (Å²) in [6, 6.07) is 0. The molecular weight excluding hydrogens is 298 g/mol. The Kier molecular flexibility index (Phi) is 16.5. The Morgan fingerprint density at radius 1 is 0.444 bits per heavy atom. The first kappa shape index (κ1) is 26.0. The van der Waals surface area contributed by atoms with Crippen molar-refractivity contribution in [1.82, 2.24) is 5.32 Å². The van der Waals surface area contributed by atoms with E-state index in [0.717, 1.165) is 0 Å². The molecule has 16 heteroatoms. The van der Waals surface area contributed by atoms with Gasteiger partial charge >= 0.3 is 21.8 Å². The van der Waals surface area contributed by atoms with Gasteiger partial charge in [0.15, 0.2) is 0 Å². The van der Waals surface area contributed by atoms with Crippen molar-refractivity contribution >= 4 is 21.8 Å². The fraction of sp³-hybridized carbons (Fsp3) is 1.00. The summed E-state index contributed by atoms with van der Waals surface area (Å²) in [6.45, 7) is 0. The van der Waals surface area contributed by atoms with Gasteiger partial charge in [-0.2, -0.15) is 0 Å². The largest absolute Gasteiger partial charge is 0.673 e. The maximum absolute atomic E-state index is 9.75. The molecule has 0 atom stereocenters. The van der Waals surface area contributed by atoms with Crippen molar-refractivity contribution in [2.24, 2.45) is 0 Å². The van der Waals surface area contributed by atoms with Gasteiger partial charge in [0.1, 0.15) is 0 Å². The maximum Gasteiger partial charge on any atom is 0.673 e. The average Bonchev–Trinajstić information content (AvgIpc) is 1.71. The summed E-state index contributed by atoms with van der Waals surface area (Å²) in [5.41, 5.74) is 0. The fourth-order valence-corrected chi connectivity index (χ4v) is 0. The van der Waals surface area contributed by atoms with Gasteiger partial charge in [0.05, 0.1) is 0 Å². The van der Waals surface area contributed by atoms with E-state index in [4.69, 9.17) is 0 Å². The lowest BCUT2D eigenvalue weighted by molar-refractivity contribution is 0.366. The third kappa shape index (κ3) is 6680. The van der Waals surface area contributed by atoms with Crippen LogP contribution in [0.4, 0.5) is 51.8 Å². The molecule has 0 aliphatic rings. The first-order chi connectivity index (χ1) is 7.41. The highest BCUT2D eigenvalue weighted by molar-refractivity contribution is 6.50. The Labute approximate surface area is 94.2 Å². The van der Waals surface area contributed by atoms with Gasteiger partial charge in [0, 0.05) is 0 Å². The van der Waals surface area contributed by atoms with Gasteiger partial charge in [-0.3, -0.25) is 0 Å². The molecule has 0 radical (unpaired) electrons. The van der Waals surface area contributed by atoms with E-state index in [1.807, 2.05) is 14.1 Å². The molecule has 0 aromatic heterocycles. The molecule has 0 saturated heterocycles. The summed E-state index contributed by atoms with van der Waals surface area (Å²) < 4.78 is 117. The quantitative estimate of drug-likeness (QED) is 0.531. The molecule has 0 fully saturated rings. The summed E-state index contributed by atoms with van der Waals surface area (Å²) in [4.78, 5) is 0. The molecule has 0 unspecified atom stereocenters. The van der Waals surface area contributed by atoms with Crippen LogP contribution >= 0.6 is 0 Å². The number of hydrogen-bond donors (Lipinski definition) is 1. The minimum Gasteiger partial charge on any atom is -0.418 e. The molecule has 116 valence electrons. The van der Waals surface area contributed by atoms with E-state index < -0.39 is 21.8 Å². The topological polar surface area (TPSA) is 12.0 Å². The summed E-state index contributed by atoms with van der Waals surface area (Å²) in [6.07, 6.45) is 0. The van der Waals surface area contributed by atoms with Crippen molar-refractivity contribution in [1.29, 1.82) is 0 Å². The Morgan fingerprint density at radius 2 is 0.444 bits per heavy atom. The highest BCUT2D eigenvalue weighted by Gasteiger charge is 2.21. The van der Waals surface area contributed by atoms with Crippen LogP contribution in [0.15, 0.2) is 0 Å². The normalized spacial score (nSPS) is 11.0. The van der Waals surface area contributed by atoms with Crippen LogP contribution in [0.2, 0.25) is 0 Å². The van der Waals surface area contributed by atoms with Crippen LogP contribution in [-0.4, -0.2) is 35.9 Å². The molecule has 0 spiro atoms. The van der Waals surface area contributed by atoms with E-state index in [9.17, 15) is 51.8 Å². The van der Waals surface area contributed by atoms with E-state index in [-0.39, 0.29) is 0 Å². The van der Waals surface area contributed by atoms with Crippen LogP contribution in [0.1, 0.15) is 0 Å². The zero-order chi connectivity index (χ0) is 16.2. The Balaban J connectivity index is -0.0000000739. The average molecular weight is 305 g/mol. The van der Waals surface area contributed by atoms with Crippen LogP contribution in [0.3, 0.4) is 0 Å². The van der Waals surface area contributed by atoms with Gasteiger partial charge in [-0.05, 0) is 14.1 Å². The zero-order valence-electron chi connectivity index (χ0n) is 8.77. The molecule has 0 aromatic rings. The van der Waals surface area contributed by atoms with E-state index in [0.29, 0.717) is 0 Å². The van der Waals surface area contributed by atoms with Crippen molar-refractivity contribution in [3.05, 3.63) is 0 Å². The standard InChI is InChI=1S/C2H7N.3BF4/c1-3-2;3*2-1(3,4)5/h3H,1-2H3;;;/q;3*-1. The lowest BCUT2D eigenvalue weighted by atomic mass is 10.3. The predicted molar refractivity (Wildman–Crippen MR) is 45.5 cm³/mol. The van der Waals surface area contributed by atoms with Crippen LogP contribution in [0, 0.1) is 0 Å². The molecule has 1 N–H and O–H groups in total. The summed E-state index contributed by atoms with van der Waals surface area (Å²) in [5, 5.41) is 2.75. The maximum atomic E-state index is 9.75. The van der Waals surface area contributed by atoms with Crippen molar-refractivity contribution in [2.45, 2.75) is 0 Å². The third-order valence-electron chi connectivity index (χ3n) is 0. The molecule has 0 amide bonds. The van der Waals surface area contributed by atoms with Crippen molar-refractivity contribution in [2.75, 3.05) is 14.1 Å². The molecule has 0 heterocycles. The van der Waals surface area contributed by atoms with Gasteiger partial charge in [-0.15, -0.1) is 0 Å². The molecule has 1 nitrogen and oxygen atoms in total. The second-order valence-electron chi connectivity index (χ2n) is 1.98. The second kappa shape index (κ2) is 11.4. The van der Waals surface area contributed by atoms with Crippen molar-refractivity contribution < 1.29 is 51.8 Å². The van der Waals surface area contributed by atoms with Crippen LogP contribution in [-0.2, 0) is 0 Å². The Hall–Kier alpha value is -0.685. The molecule has 0 rings (SSSR count). The molecule has 0 aliphatic heterocycles. The van der Waals surface area contributed by atoms with E-state index in [1.54, 1.807) is 0 Å². The minimum atomic E-state index is -6.00. The van der Waals surface area contributed by atoms with Crippen molar-refractivity contribution in [3.63, 3.8) is 0 Å². The van der Waals surface area contributed by atoms with Gasteiger partial charge < -0.3 is 57.1 Å². The van der Waals surface area contributed by atoms with E-state index in [2.05, 4.69) is 5.32 Å². The lowest BCUT2D eigenvalue weighted by Crippen LogP contribution is -2.02. The van der Waals surface area contributed by atoms with Gasteiger partial charge in [0.25, 0.3) is 0 Å². The first-order valence-electron chi connectivity index (χ1n) is 3.62. The van der Waals surface area contributed by atoms with Gasteiger partial charge in [-0.25, -0.2) is 0 Å². The van der Waals surface area contributed by atoms with E-state index in [1.165, 1.54) is 0 Å². The summed E-state index contributed by atoms with van der Waals surface area (Å²) >= 11 is 0. The van der Waals surface area contributed by atoms with Crippen LogP contribution < -0.4 is 5.32 Å². The molecule has 0 aromatic carbocycles. The zero-order valence-corrected chi connectivity index (χ0v) is 8.77. The number of halogens is 12. The van der Waals surface area contributed by atoms with Crippen LogP contribution in [0.5, 0.6) is 0 Å². The SMILES string of the molecule is CNC.F[B-](F)(F)F.F[B-](F)(F)F.F[B-](F)(F)F. The first-order valence-corrected chi connectivity index (χ1v) is 3.62. The Morgan fingerprint density at radius 3 is 0.444 bits per heavy atom. The molecule has 0 aliphatic carbocycles. The smallest absolute Gasteiger partial charge is 0.418 e. The molecule has 0 saturated carbocycles. The lowest BCUT2D eigenvalue weighted by Gasteiger charge is -1.94. The van der Waals surface area contributed by atoms with Gasteiger partial charge in [0.2, 0.25) is 0 Å². The Bertz CT molecular complexity index is 112. The van der Waals surface area contributed by atoms with Gasteiger partial charge in [-0.1, -0.05) is 0 Å². The molecule has 18 heavy (non-hydrogen) atoms. The van der Waals surface area contributed by atoms with E-state index >= 15 is 0 Å². The second-order valence-corrected chi connectivity index (χ2v) is 1.98. The highest BCUT2D eigenvalue weighted by atomic mass is 19.5. The molecular formula is C2H7B3F12N-3. The fourth-order valence-electron chi connectivity index (χ4n) is 0. The monoisotopic (exact) mass is 306 g/mol. The minimum absolute atomic E-state index is 1.88. The number of nitrogens with one attached hydrogen (secondary N) is 1. The van der Waals surface area contributed by atoms with Crippen molar-refractivity contribution in [3.8, 4) is 0 Å². The number of hydrogen-bond acceptors (Lipinski definition) is 1. The summed E-state index contributed by atoms with van der Waals surface area (Å²) in [7, 11) is -14.2. The highest BCUT2D eigenvalue weighted by Crippen LogP contribution is 2.07. The number of rotatable bonds is 0. The third-order valence-corrected chi connectivity index (χ3v) is 0. The predicted octanol–water partition coefficient (Wildman–Crippen LogP) is 3.74. The molecule has 0 bridgehead atoms. The summed E-state index contributed by atoms with van der Waals surface area (Å²) in [5.74, 6) is 0. The van der Waals surface area contributed by atoms with Crippen LogP contribution in [0.25, 0.3) is 0 Å².